The van der Waals surface area contributed by atoms with E-state index in [2.05, 4.69) is 32.9 Å². The molecule has 0 aromatic heterocycles. The topological polar surface area (TPSA) is 0 Å². The van der Waals surface area contributed by atoms with Crippen LogP contribution in [0, 0.1) is 5.92 Å². The standard InChI is InChI=1S/C10H16/c1-4-5-10-7-8(2)6-9(10)3/h4-5,8H,6-7H2,1-3H3/b5-4-. The lowest BCUT2D eigenvalue weighted by Crippen LogP contribution is -1.83. The highest BCUT2D eigenvalue weighted by molar-refractivity contribution is 5.28. The van der Waals surface area contributed by atoms with Gasteiger partial charge in [-0.05, 0) is 38.2 Å². The van der Waals surface area contributed by atoms with Gasteiger partial charge in [-0.2, -0.15) is 0 Å². The van der Waals surface area contributed by atoms with Crippen LogP contribution in [0.25, 0.3) is 0 Å². The summed E-state index contributed by atoms with van der Waals surface area (Å²) in [5.41, 5.74) is 3.15. The van der Waals surface area contributed by atoms with Crippen molar-refractivity contribution in [2.24, 2.45) is 5.92 Å². The fourth-order valence-electron chi connectivity index (χ4n) is 1.69. The maximum atomic E-state index is 2.32. The van der Waals surface area contributed by atoms with Crippen molar-refractivity contribution in [1.29, 1.82) is 0 Å². The Balaban J connectivity index is 2.66. The van der Waals surface area contributed by atoms with Crippen molar-refractivity contribution in [3.63, 3.8) is 0 Å². The Hall–Kier alpha value is -0.520. The highest BCUT2D eigenvalue weighted by atomic mass is 14.2. The third kappa shape index (κ3) is 1.50. The molecule has 0 aromatic carbocycles. The molecule has 1 unspecified atom stereocenters. The maximum absolute atomic E-state index is 2.32. The van der Waals surface area contributed by atoms with E-state index in [1.54, 1.807) is 11.1 Å². The molecule has 0 fully saturated rings. The van der Waals surface area contributed by atoms with Crippen molar-refractivity contribution < 1.29 is 0 Å². The Labute approximate surface area is 63.6 Å². The third-order valence-electron chi connectivity index (χ3n) is 2.14. The lowest BCUT2D eigenvalue weighted by molar-refractivity contribution is 0.623. The second kappa shape index (κ2) is 3.05. The molecule has 1 atom stereocenters. The molecular weight excluding hydrogens is 120 g/mol. The second-order valence-corrected chi connectivity index (χ2v) is 3.32. The van der Waals surface area contributed by atoms with E-state index in [1.807, 2.05) is 0 Å². The summed E-state index contributed by atoms with van der Waals surface area (Å²) < 4.78 is 0. The Bertz CT molecular complexity index is 172. The molecule has 0 spiro atoms. The molecule has 0 saturated heterocycles. The molecule has 56 valence electrons. The van der Waals surface area contributed by atoms with Gasteiger partial charge in [-0.3, -0.25) is 0 Å². The van der Waals surface area contributed by atoms with Gasteiger partial charge >= 0.3 is 0 Å². The summed E-state index contributed by atoms with van der Waals surface area (Å²) >= 11 is 0. The van der Waals surface area contributed by atoms with Crippen molar-refractivity contribution in [3.8, 4) is 0 Å². The van der Waals surface area contributed by atoms with Crippen molar-refractivity contribution in [3.05, 3.63) is 23.3 Å². The Morgan fingerprint density at radius 2 is 2.10 bits per heavy atom. The van der Waals surface area contributed by atoms with E-state index in [4.69, 9.17) is 0 Å². The summed E-state index contributed by atoms with van der Waals surface area (Å²) in [7, 11) is 0. The summed E-state index contributed by atoms with van der Waals surface area (Å²) in [6.07, 6.45) is 6.98. The smallest absolute Gasteiger partial charge is 0.0251 e. The average Bonchev–Trinajstić information content (AvgIpc) is 2.13. The van der Waals surface area contributed by atoms with Crippen molar-refractivity contribution >= 4 is 0 Å². The van der Waals surface area contributed by atoms with Crippen LogP contribution in [0.4, 0.5) is 0 Å². The minimum absolute atomic E-state index is 0.881. The second-order valence-electron chi connectivity index (χ2n) is 3.32. The van der Waals surface area contributed by atoms with Gasteiger partial charge in [0.15, 0.2) is 0 Å². The summed E-state index contributed by atoms with van der Waals surface area (Å²) in [4.78, 5) is 0. The lowest BCUT2D eigenvalue weighted by atomic mass is 10.1. The Morgan fingerprint density at radius 1 is 1.40 bits per heavy atom. The van der Waals surface area contributed by atoms with Gasteiger partial charge < -0.3 is 0 Å². The Morgan fingerprint density at radius 3 is 2.50 bits per heavy atom. The van der Waals surface area contributed by atoms with E-state index < -0.39 is 0 Å². The van der Waals surface area contributed by atoms with Gasteiger partial charge in [0.1, 0.15) is 0 Å². The van der Waals surface area contributed by atoms with Gasteiger partial charge in [-0.1, -0.05) is 24.6 Å². The Kier molecular flexibility index (Phi) is 2.31. The van der Waals surface area contributed by atoms with E-state index in [9.17, 15) is 0 Å². The quantitative estimate of drug-likeness (QED) is 0.518. The lowest BCUT2D eigenvalue weighted by Gasteiger charge is -1.96. The molecule has 1 rings (SSSR count). The highest BCUT2D eigenvalue weighted by Crippen LogP contribution is 2.31. The van der Waals surface area contributed by atoms with Gasteiger partial charge in [-0.25, -0.2) is 0 Å². The fourth-order valence-corrected chi connectivity index (χ4v) is 1.69. The first-order valence-electron chi connectivity index (χ1n) is 4.05. The van der Waals surface area contributed by atoms with Gasteiger partial charge in [0.2, 0.25) is 0 Å². The molecular formula is C10H16. The first-order valence-corrected chi connectivity index (χ1v) is 4.05. The van der Waals surface area contributed by atoms with Crippen LogP contribution < -0.4 is 0 Å². The normalized spacial score (nSPS) is 26.9. The van der Waals surface area contributed by atoms with E-state index in [-0.39, 0.29) is 0 Å². The summed E-state index contributed by atoms with van der Waals surface area (Å²) in [5, 5.41) is 0. The molecule has 0 nitrogen and oxygen atoms in total. The first kappa shape index (κ1) is 7.59. The van der Waals surface area contributed by atoms with Crippen molar-refractivity contribution in [2.45, 2.75) is 33.6 Å². The molecule has 10 heavy (non-hydrogen) atoms. The largest absolute Gasteiger partial charge is 0.0874 e. The van der Waals surface area contributed by atoms with Crippen LogP contribution >= 0.6 is 0 Å². The van der Waals surface area contributed by atoms with E-state index in [0.29, 0.717) is 0 Å². The summed E-state index contributed by atoms with van der Waals surface area (Å²) in [6.45, 7) is 6.65. The van der Waals surface area contributed by atoms with Crippen LogP contribution in [0.2, 0.25) is 0 Å². The molecule has 0 amide bonds. The zero-order chi connectivity index (χ0) is 7.56. The van der Waals surface area contributed by atoms with Gasteiger partial charge in [-0.15, -0.1) is 0 Å². The molecule has 0 aliphatic heterocycles. The van der Waals surface area contributed by atoms with Gasteiger partial charge in [0, 0.05) is 0 Å². The van der Waals surface area contributed by atoms with Gasteiger partial charge in [0.25, 0.3) is 0 Å². The van der Waals surface area contributed by atoms with Gasteiger partial charge in [0.05, 0.1) is 0 Å². The molecule has 0 bridgehead atoms. The molecule has 0 radical (unpaired) electrons. The SMILES string of the molecule is C/C=C\C1=C(C)CC(C)C1. The van der Waals surface area contributed by atoms with E-state index in [0.717, 1.165) is 5.92 Å². The van der Waals surface area contributed by atoms with Crippen LogP contribution in [0.3, 0.4) is 0 Å². The molecule has 0 N–H and O–H groups in total. The van der Waals surface area contributed by atoms with E-state index >= 15 is 0 Å². The molecule has 1 aliphatic rings. The maximum Gasteiger partial charge on any atom is -0.0251 e. The van der Waals surface area contributed by atoms with Crippen LogP contribution in [0.15, 0.2) is 23.3 Å². The molecule has 0 aromatic rings. The van der Waals surface area contributed by atoms with E-state index in [1.165, 1.54) is 12.8 Å². The molecule has 1 aliphatic carbocycles. The minimum atomic E-state index is 0.881. The van der Waals surface area contributed by atoms with Crippen LogP contribution in [0.1, 0.15) is 33.6 Å². The summed E-state index contributed by atoms with van der Waals surface area (Å²) in [6, 6.07) is 0. The number of hydrogen-bond acceptors (Lipinski definition) is 0. The monoisotopic (exact) mass is 136 g/mol. The average molecular weight is 136 g/mol. The number of hydrogen-bond donors (Lipinski definition) is 0. The predicted octanol–water partition coefficient (Wildman–Crippen LogP) is 3.31. The van der Waals surface area contributed by atoms with Crippen LogP contribution in [-0.2, 0) is 0 Å². The van der Waals surface area contributed by atoms with Crippen molar-refractivity contribution in [2.75, 3.05) is 0 Å². The molecule has 0 saturated carbocycles. The van der Waals surface area contributed by atoms with Crippen molar-refractivity contribution in [1.82, 2.24) is 0 Å². The number of allylic oxidation sites excluding steroid dienone is 4. The highest BCUT2D eigenvalue weighted by Gasteiger charge is 2.14. The minimum Gasteiger partial charge on any atom is -0.0874 e. The van der Waals surface area contributed by atoms with Crippen LogP contribution in [0.5, 0.6) is 0 Å². The third-order valence-corrected chi connectivity index (χ3v) is 2.14. The zero-order valence-corrected chi connectivity index (χ0v) is 7.15. The first-order chi connectivity index (χ1) is 4.74. The molecule has 0 heteroatoms. The fraction of sp³-hybridized carbons (Fsp3) is 0.600. The number of rotatable bonds is 1. The van der Waals surface area contributed by atoms with Crippen LogP contribution in [-0.4, -0.2) is 0 Å². The predicted molar refractivity (Wildman–Crippen MR) is 45.9 cm³/mol. The zero-order valence-electron chi connectivity index (χ0n) is 7.15. The summed E-state index contributed by atoms with van der Waals surface area (Å²) in [5.74, 6) is 0.881. The molecule has 0 heterocycles.